The Morgan fingerprint density at radius 3 is 2.95 bits per heavy atom. The molecule has 0 unspecified atom stereocenters. The standard InChI is InChI=1S/C15H14N4O2/c1-19(9-3-7-16)15(21)14(20)18-13-5-2-4-11-6-8-17-10-12(11)13/h2,4-6,8,10H,3,9H2,1H3,(H,18,20). The molecule has 2 aromatic rings. The number of aromatic nitrogens is 1. The smallest absolute Gasteiger partial charge is 0.313 e. The number of likely N-dealkylation sites (N-methyl/N-ethyl adjacent to an activating group) is 1. The molecule has 0 fully saturated rings. The first-order chi connectivity index (χ1) is 10.1. The first-order valence-corrected chi connectivity index (χ1v) is 6.39. The number of amides is 2. The molecule has 2 rings (SSSR count). The second-order valence-electron chi connectivity index (χ2n) is 4.49. The lowest BCUT2D eigenvalue weighted by molar-refractivity contribution is -0.142. The van der Waals surface area contributed by atoms with Crippen molar-refractivity contribution in [1.29, 1.82) is 5.26 Å². The van der Waals surface area contributed by atoms with Gasteiger partial charge in [-0.2, -0.15) is 5.26 Å². The summed E-state index contributed by atoms with van der Waals surface area (Å²) in [6.07, 6.45) is 3.48. The van der Waals surface area contributed by atoms with Gasteiger partial charge in [-0.3, -0.25) is 14.6 Å². The molecule has 0 bridgehead atoms. The molecular weight excluding hydrogens is 268 g/mol. The van der Waals surface area contributed by atoms with Crippen molar-refractivity contribution in [2.75, 3.05) is 18.9 Å². The van der Waals surface area contributed by atoms with Gasteiger partial charge >= 0.3 is 11.8 Å². The van der Waals surface area contributed by atoms with Crippen LogP contribution in [0.4, 0.5) is 5.69 Å². The quantitative estimate of drug-likeness (QED) is 0.865. The van der Waals surface area contributed by atoms with E-state index in [4.69, 9.17) is 5.26 Å². The highest BCUT2D eigenvalue weighted by Gasteiger charge is 2.19. The van der Waals surface area contributed by atoms with Crippen LogP contribution in [0.5, 0.6) is 0 Å². The third-order valence-electron chi connectivity index (χ3n) is 3.03. The molecule has 1 heterocycles. The van der Waals surface area contributed by atoms with E-state index in [0.717, 1.165) is 10.8 Å². The number of nitrogens with one attached hydrogen (secondary N) is 1. The summed E-state index contributed by atoms with van der Waals surface area (Å²) in [6, 6.07) is 9.16. The third kappa shape index (κ3) is 3.34. The fourth-order valence-corrected chi connectivity index (χ4v) is 1.89. The highest BCUT2D eigenvalue weighted by molar-refractivity contribution is 6.40. The van der Waals surface area contributed by atoms with E-state index in [-0.39, 0.29) is 13.0 Å². The molecular formula is C15H14N4O2. The van der Waals surface area contributed by atoms with E-state index in [1.54, 1.807) is 24.5 Å². The maximum atomic E-state index is 12.0. The highest BCUT2D eigenvalue weighted by atomic mass is 16.2. The number of carbonyl (C=O) groups excluding carboxylic acids is 2. The summed E-state index contributed by atoms with van der Waals surface area (Å²) in [7, 11) is 1.49. The van der Waals surface area contributed by atoms with Crippen LogP contribution < -0.4 is 5.32 Å². The third-order valence-corrected chi connectivity index (χ3v) is 3.03. The number of pyridine rings is 1. The molecule has 106 valence electrons. The van der Waals surface area contributed by atoms with Crippen molar-refractivity contribution in [2.45, 2.75) is 6.42 Å². The van der Waals surface area contributed by atoms with Gasteiger partial charge in [-0.25, -0.2) is 0 Å². The summed E-state index contributed by atoms with van der Waals surface area (Å²) in [5.74, 6) is -1.40. The molecule has 1 aromatic carbocycles. The van der Waals surface area contributed by atoms with E-state index >= 15 is 0 Å². The van der Waals surface area contributed by atoms with E-state index < -0.39 is 11.8 Å². The van der Waals surface area contributed by atoms with Crippen molar-refractivity contribution in [3.8, 4) is 6.07 Å². The molecule has 2 amide bonds. The van der Waals surface area contributed by atoms with Gasteiger partial charge in [0.05, 0.1) is 18.2 Å². The Kier molecular flexibility index (Phi) is 4.46. The van der Waals surface area contributed by atoms with Crippen molar-refractivity contribution < 1.29 is 9.59 Å². The summed E-state index contributed by atoms with van der Waals surface area (Å²) in [5, 5.41) is 12.8. The Bertz CT molecular complexity index is 716. The zero-order valence-electron chi connectivity index (χ0n) is 11.5. The fourth-order valence-electron chi connectivity index (χ4n) is 1.89. The van der Waals surface area contributed by atoms with Gasteiger partial charge in [-0.15, -0.1) is 0 Å². The van der Waals surface area contributed by atoms with Gasteiger partial charge in [-0.05, 0) is 17.5 Å². The maximum absolute atomic E-state index is 12.0. The van der Waals surface area contributed by atoms with Crippen LogP contribution in [0.25, 0.3) is 10.8 Å². The van der Waals surface area contributed by atoms with Gasteiger partial charge in [0.1, 0.15) is 0 Å². The van der Waals surface area contributed by atoms with E-state index in [1.165, 1.54) is 11.9 Å². The Balaban J connectivity index is 2.15. The van der Waals surface area contributed by atoms with E-state index in [0.29, 0.717) is 5.69 Å². The first kappa shape index (κ1) is 14.5. The van der Waals surface area contributed by atoms with Gasteiger partial charge in [0.25, 0.3) is 0 Å². The molecule has 0 aliphatic rings. The minimum atomic E-state index is -0.730. The van der Waals surface area contributed by atoms with Crippen LogP contribution in [0, 0.1) is 11.3 Å². The van der Waals surface area contributed by atoms with Gasteiger partial charge in [0.2, 0.25) is 0 Å². The molecule has 0 radical (unpaired) electrons. The first-order valence-electron chi connectivity index (χ1n) is 6.39. The van der Waals surface area contributed by atoms with Gasteiger partial charge < -0.3 is 10.2 Å². The lowest BCUT2D eigenvalue weighted by Gasteiger charge is -2.15. The monoisotopic (exact) mass is 282 g/mol. The number of fused-ring (bicyclic) bond motifs is 1. The SMILES string of the molecule is CN(CCC#N)C(=O)C(=O)Nc1cccc2ccncc12. The van der Waals surface area contributed by atoms with Crippen LogP contribution in [0.3, 0.4) is 0 Å². The lowest BCUT2D eigenvalue weighted by atomic mass is 10.1. The van der Waals surface area contributed by atoms with Crippen molar-refractivity contribution in [3.05, 3.63) is 36.7 Å². The Labute approximate surface area is 122 Å². The van der Waals surface area contributed by atoms with E-state index in [1.807, 2.05) is 18.2 Å². The molecule has 0 aliphatic carbocycles. The Morgan fingerprint density at radius 2 is 2.19 bits per heavy atom. The fraction of sp³-hybridized carbons (Fsp3) is 0.200. The average Bonchev–Trinajstić information content (AvgIpc) is 2.52. The van der Waals surface area contributed by atoms with Crippen LogP contribution in [0.15, 0.2) is 36.7 Å². The highest BCUT2D eigenvalue weighted by Crippen LogP contribution is 2.21. The van der Waals surface area contributed by atoms with E-state index in [2.05, 4.69) is 10.3 Å². The number of nitriles is 1. The number of hydrogen-bond acceptors (Lipinski definition) is 4. The summed E-state index contributed by atoms with van der Waals surface area (Å²) < 4.78 is 0. The molecule has 0 atom stereocenters. The number of anilines is 1. The molecule has 0 saturated carbocycles. The molecule has 0 aliphatic heterocycles. The molecule has 1 N–H and O–H groups in total. The van der Waals surface area contributed by atoms with Gasteiger partial charge in [0, 0.05) is 31.4 Å². The van der Waals surface area contributed by atoms with Crippen LogP contribution in [0.2, 0.25) is 0 Å². The Hall–Kier alpha value is -2.94. The number of nitrogens with zero attached hydrogens (tertiary/aromatic N) is 3. The maximum Gasteiger partial charge on any atom is 0.313 e. The van der Waals surface area contributed by atoms with Gasteiger partial charge in [-0.1, -0.05) is 12.1 Å². The number of hydrogen-bond donors (Lipinski definition) is 1. The normalized spacial score (nSPS) is 9.90. The molecule has 0 saturated heterocycles. The zero-order valence-corrected chi connectivity index (χ0v) is 11.5. The van der Waals surface area contributed by atoms with Crippen LogP contribution in [0.1, 0.15) is 6.42 Å². The largest absolute Gasteiger partial charge is 0.336 e. The minimum absolute atomic E-state index is 0.188. The second kappa shape index (κ2) is 6.48. The van der Waals surface area contributed by atoms with Crippen molar-refractivity contribution in [2.24, 2.45) is 0 Å². The Morgan fingerprint density at radius 1 is 1.38 bits per heavy atom. The van der Waals surface area contributed by atoms with Crippen molar-refractivity contribution >= 4 is 28.3 Å². The second-order valence-corrected chi connectivity index (χ2v) is 4.49. The summed E-state index contributed by atoms with van der Waals surface area (Å²) in [4.78, 5) is 29.1. The van der Waals surface area contributed by atoms with Crippen LogP contribution in [-0.4, -0.2) is 35.3 Å². The van der Waals surface area contributed by atoms with Crippen molar-refractivity contribution in [3.63, 3.8) is 0 Å². The molecule has 6 nitrogen and oxygen atoms in total. The van der Waals surface area contributed by atoms with Crippen LogP contribution in [-0.2, 0) is 9.59 Å². The van der Waals surface area contributed by atoms with Crippen LogP contribution >= 0.6 is 0 Å². The predicted octanol–water partition coefficient (Wildman–Crippen LogP) is 1.55. The minimum Gasteiger partial charge on any atom is -0.336 e. The molecule has 1 aromatic heterocycles. The number of benzene rings is 1. The summed E-state index contributed by atoms with van der Waals surface area (Å²) >= 11 is 0. The topological polar surface area (TPSA) is 86.1 Å². The van der Waals surface area contributed by atoms with Crippen molar-refractivity contribution in [1.82, 2.24) is 9.88 Å². The number of carbonyl (C=O) groups is 2. The summed E-state index contributed by atoms with van der Waals surface area (Å²) in [6.45, 7) is 0.222. The average molecular weight is 282 g/mol. The molecule has 6 heteroatoms. The van der Waals surface area contributed by atoms with Gasteiger partial charge in [0.15, 0.2) is 0 Å². The molecule has 21 heavy (non-hydrogen) atoms. The predicted molar refractivity (Wildman–Crippen MR) is 78.2 cm³/mol. The lowest BCUT2D eigenvalue weighted by Crippen LogP contribution is -2.37. The van der Waals surface area contributed by atoms with E-state index in [9.17, 15) is 9.59 Å². The molecule has 0 spiro atoms. The summed E-state index contributed by atoms with van der Waals surface area (Å²) in [5.41, 5.74) is 0.535. The zero-order chi connectivity index (χ0) is 15.2. The number of rotatable bonds is 3.